The van der Waals surface area contributed by atoms with Gasteiger partial charge in [-0.1, -0.05) is 18.2 Å². The molecule has 25 heavy (non-hydrogen) atoms. The second kappa shape index (κ2) is 8.03. The van der Waals surface area contributed by atoms with Gasteiger partial charge in [0.2, 0.25) is 15.9 Å². The van der Waals surface area contributed by atoms with Crippen molar-refractivity contribution in [3.8, 4) is 0 Å². The first-order valence-electron chi connectivity index (χ1n) is 8.14. The predicted octanol–water partition coefficient (Wildman–Crippen LogP) is 3.20. The molecule has 3 rings (SSSR count). The van der Waals surface area contributed by atoms with Crippen LogP contribution >= 0.6 is 11.8 Å². The van der Waals surface area contributed by atoms with Crippen molar-refractivity contribution >= 4 is 33.4 Å². The summed E-state index contributed by atoms with van der Waals surface area (Å²) in [6.07, 6.45) is 1.84. The number of anilines is 1. The summed E-state index contributed by atoms with van der Waals surface area (Å²) >= 11 is 1.38. The molecule has 0 unspecified atom stereocenters. The fourth-order valence-electron chi connectivity index (χ4n) is 2.65. The first kappa shape index (κ1) is 18.0. The Balaban J connectivity index is 1.56. The minimum atomic E-state index is -3.38. The molecule has 0 radical (unpaired) electrons. The Morgan fingerprint density at radius 3 is 2.28 bits per heavy atom. The number of benzene rings is 2. The van der Waals surface area contributed by atoms with Crippen molar-refractivity contribution in [1.29, 1.82) is 0 Å². The number of carbonyl (C=O) groups excluding carboxylic acids is 1. The lowest BCUT2D eigenvalue weighted by Crippen LogP contribution is -2.27. The molecule has 132 valence electrons. The quantitative estimate of drug-likeness (QED) is 0.786. The number of amides is 1. The van der Waals surface area contributed by atoms with Crippen LogP contribution in [0, 0.1) is 0 Å². The number of para-hydroxylation sites is 1. The van der Waals surface area contributed by atoms with E-state index in [0.29, 0.717) is 18.0 Å². The van der Waals surface area contributed by atoms with Gasteiger partial charge in [-0.05, 0) is 49.2 Å². The van der Waals surface area contributed by atoms with E-state index >= 15 is 0 Å². The smallest absolute Gasteiger partial charge is 0.243 e. The van der Waals surface area contributed by atoms with Crippen molar-refractivity contribution in [2.45, 2.75) is 22.6 Å². The topological polar surface area (TPSA) is 66.5 Å². The lowest BCUT2D eigenvalue weighted by molar-refractivity contribution is -0.113. The second-order valence-corrected chi connectivity index (χ2v) is 8.77. The van der Waals surface area contributed by atoms with Crippen molar-refractivity contribution in [2.24, 2.45) is 0 Å². The molecule has 1 N–H and O–H groups in total. The Morgan fingerprint density at radius 1 is 1.00 bits per heavy atom. The summed E-state index contributed by atoms with van der Waals surface area (Å²) in [5.41, 5.74) is 0.764. The molecule has 7 heteroatoms. The van der Waals surface area contributed by atoms with Crippen LogP contribution in [0.4, 0.5) is 5.69 Å². The van der Waals surface area contributed by atoms with Gasteiger partial charge in [0.25, 0.3) is 0 Å². The molecule has 1 aliphatic rings. The molecule has 0 spiro atoms. The highest BCUT2D eigenvalue weighted by Gasteiger charge is 2.26. The highest BCUT2D eigenvalue weighted by atomic mass is 32.2. The average Bonchev–Trinajstić information content (AvgIpc) is 3.17. The van der Waals surface area contributed by atoms with Crippen LogP contribution in [0.5, 0.6) is 0 Å². The SMILES string of the molecule is O=C(CSc1ccc(S(=O)(=O)N2CCCC2)cc1)Nc1ccccc1. The van der Waals surface area contributed by atoms with Gasteiger partial charge in [0.05, 0.1) is 10.6 Å². The van der Waals surface area contributed by atoms with Crippen LogP contribution in [0.15, 0.2) is 64.4 Å². The summed E-state index contributed by atoms with van der Waals surface area (Å²) in [5.74, 6) is 0.178. The van der Waals surface area contributed by atoms with E-state index in [1.54, 1.807) is 24.3 Å². The first-order chi connectivity index (χ1) is 12.1. The number of hydrogen-bond donors (Lipinski definition) is 1. The number of nitrogens with one attached hydrogen (secondary N) is 1. The molecule has 1 aliphatic heterocycles. The van der Waals surface area contributed by atoms with E-state index in [-0.39, 0.29) is 11.7 Å². The van der Waals surface area contributed by atoms with Gasteiger partial charge in [-0.15, -0.1) is 11.8 Å². The van der Waals surface area contributed by atoms with Crippen LogP contribution in [0.3, 0.4) is 0 Å². The first-order valence-corrected chi connectivity index (χ1v) is 10.6. The minimum absolute atomic E-state index is 0.0926. The van der Waals surface area contributed by atoms with E-state index in [1.807, 2.05) is 30.3 Å². The molecule has 0 aromatic heterocycles. The van der Waals surface area contributed by atoms with Crippen molar-refractivity contribution < 1.29 is 13.2 Å². The number of thioether (sulfide) groups is 1. The van der Waals surface area contributed by atoms with Crippen molar-refractivity contribution in [1.82, 2.24) is 4.31 Å². The molecule has 0 saturated carbocycles. The molecule has 0 aliphatic carbocycles. The summed E-state index contributed by atoms with van der Waals surface area (Å²) in [4.78, 5) is 13.1. The minimum Gasteiger partial charge on any atom is -0.325 e. The number of sulfonamides is 1. The normalized spacial score (nSPS) is 15.2. The maximum absolute atomic E-state index is 12.5. The molecule has 5 nitrogen and oxygen atoms in total. The molecule has 1 saturated heterocycles. The second-order valence-electron chi connectivity index (χ2n) is 5.79. The zero-order valence-electron chi connectivity index (χ0n) is 13.7. The van der Waals surface area contributed by atoms with Crippen LogP contribution in [0.1, 0.15) is 12.8 Å². The Labute approximate surface area is 152 Å². The molecule has 0 bridgehead atoms. The van der Waals surface area contributed by atoms with Crippen LogP contribution in [-0.2, 0) is 14.8 Å². The summed E-state index contributed by atoms with van der Waals surface area (Å²) in [5, 5.41) is 2.82. The van der Waals surface area contributed by atoms with Gasteiger partial charge < -0.3 is 5.32 Å². The van der Waals surface area contributed by atoms with Gasteiger partial charge in [-0.2, -0.15) is 4.31 Å². The van der Waals surface area contributed by atoms with Gasteiger partial charge in [0, 0.05) is 23.7 Å². The zero-order chi connectivity index (χ0) is 17.7. The Hall–Kier alpha value is -1.83. The molecule has 1 fully saturated rings. The van der Waals surface area contributed by atoms with Crippen LogP contribution in [-0.4, -0.2) is 37.5 Å². The third-order valence-electron chi connectivity index (χ3n) is 3.95. The Kier molecular flexibility index (Phi) is 5.78. The number of rotatable bonds is 6. The lowest BCUT2D eigenvalue weighted by atomic mass is 10.3. The molecular weight excluding hydrogens is 356 g/mol. The number of hydrogen-bond acceptors (Lipinski definition) is 4. The highest BCUT2D eigenvalue weighted by molar-refractivity contribution is 8.00. The third-order valence-corrected chi connectivity index (χ3v) is 6.88. The molecular formula is C18H20N2O3S2. The third kappa shape index (κ3) is 4.62. The molecule has 0 atom stereocenters. The van der Waals surface area contributed by atoms with Crippen LogP contribution in [0.25, 0.3) is 0 Å². The zero-order valence-corrected chi connectivity index (χ0v) is 15.4. The van der Waals surface area contributed by atoms with Gasteiger partial charge in [-0.3, -0.25) is 4.79 Å². The average molecular weight is 377 g/mol. The Morgan fingerprint density at radius 2 is 1.64 bits per heavy atom. The van der Waals surface area contributed by atoms with E-state index in [0.717, 1.165) is 23.4 Å². The van der Waals surface area contributed by atoms with Crippen molar-refractivity contribution in [3.05, 3.63) is 54.6 Å². The summed E-state index contributed by atoms with van der Waals surface area (Å²) in [6.45, 7) is 1.19. The van der Waals surface area contributed by atoms with Gasteiger partial charge >= 0.3 is 0 Å². The standard InChI is InChI=1S/C18H20N2O3S2/c21-18(19-15-6-2-1-3-7-15)14-24-16-8-10-17(11-9-16)25(22,23)20-12-4-5-13-20/h1-3,6-11H,4-5,12-14H2,(H,19,21). The van der Waals surface area contributed by atoms with Crippen molar-refractivity contribution in [2.75, 3.05) is 24.2 Å². The van der Waals surface area contributed by atoms with Crippen molar-refractivity contribution in [3.63, 3.8) is 0 Å². The summed E-state index contributed by atoms with van der Waals surface area (Å²) in [6, 6.07) is 16.0. The van der Waals surface area contributed by atoms with E-state index in [9.17, 15) is 13.2 Å². The highest BCUT2D eigenvalue weighted by Crippen LogP contribution is 2.24. The van der Waals surface area contributed by atoms with E-state index < -0.39 is 10.0 Å². The predicted molar refractivity (Wildman–Crippen MR) is 100 cm³/mol. The fourth-order valence-corrected chi connectivity index (χ4v) is 4.87. The lowest BCUT2D eigenvalue weighted by Gasteiger charge is -2.15. The molecule has 1 amide bonds. The Bertz CT molecular complexity index is 815. The van der Waals surface area contributed by atoms with E-state index in [2.05, 4.69) is 5.32 Å². The van der Waals surface area contributed by atoms with E-state index in [1.165, 1.54) is 16.1 Å². The monoisotopic (exact) mass is 376 g/mol. The summed E-state index contributed by atoms with van der Waals surface area (Å²) < 4.78 is 26.5. The van der Waals surface area contributed by atoms with Crippen LogP contribution < -0.4 is 5.32 Å². The number of carbonyl (C=O) groups is 1. The van der Waals surface area contributed by atoms with Gasteiger partial charge in [0.15, 0.2) is 0 Å². The fraction of sp³-hybridized carbons (Fsp3) is 0.278. The number of nitrogens with zero attached hydrogens (tertiary/aromatic N) is 1. The maximum Gasteiger partial charge on any atom is 0.243 e. The van der Waals surface area contributed by atoms with E-state index in [4.69, 9.17) is 0 Å². The van der Waals surface area contributed by atoms with Gasteiger partial charge in [-0.25, -0.2) is 8.42 Å². The van der Waals surface area contributed by atoms with Crippen LogP contribution in [0.2, 0.25) is 0 Å². The molecule has 2 aromatic rings. The van der Waals surface area contributed by atoms with Gasteiger partial charge in [0.1, 0.15) is 0 Å². The molecule has 1 heterocycles. The summed E-state index contributed by atoms with van der Waals surface area (Å²) in [7, 11) is -3.38. The maximum atomic E-state index is 12.5. The largest absolute Gasteiger partial charge is 0.325 e. The molecule has 2 aromatic carbocycles.